The van der Waals surface area contributed by atoms with Gasteiger partial charge in [0.05, 0.1) is 16.2 Å². The zero-order chi connectivity index (χ0) is 14.0. The number of methoxy groups -OCH3 is 1. The number of hydrogen-bond acceptors (Lipinski definition) is 4. The molecule has 0 aliphatic heterocycles. The lowest BCUT2D eigenvalue weighted by molar-refractivity contribution is 0.112. The van der Waals surface area contributed by atoms with Gasteiger partial charge in [0.15, 0.2) is 17.8 Å². The van der Waals surface area contributed by atoms with Crippen LogP contribution in [0.1, 0.15) is 10.4 Å². The number of carbonyl (C=O) groups excluding carboxylic acids is 1. The van der Waals surface area contributed by atoms with E-state index in [9.17, 15) is 15.0 Å². The van der Waals surface area contributed by atoms with Crippen LogP contribution < -0.4 is 4.74 Å². The Bertz CT molecular complexity index is 623. The number of benzene rings is 2. The van der Waals surface area contributed by atoms with Crippen molar-refractivity contribution in [1.29, 1.82) is 0 Å². The first-order valence-corrected chi connectivity index (χ1v) is 6.51. The Balaban J connectivity index is 2.86. The van der Waals surface area contributed by atoms with Crippen molar-refractivity contribution < 1.29 is 19.7 Å². The molecule has 2 aromatic carbocycles. The van der Waals surface area contributed by atoms with Crippen LogP contribution in [0.15, 0.2) is 30.3 Å². The summed E-state index contributed by atoms with van der Waals surface area (Å²) in [6.45, 7) is 0. The summed E-state index contributed by atoms with van der Waals surface area (Å²) < 4.78 is 5.66. The van der Waals surface area contributed by atoms with Crippen LogP contribution in [0.25, 0.3) is 11.1 Å². The second kappa shape index (κ2) is 5.48. The van der Waals surface area contributed by atoms with Gasteiger partial charge in [0.25, 0.3) is 0 Å². The van der Waals surface area contributed by atoms with E-state index < -0.39 is 11.5 Å². The Morgan fingerprint density at radius 1 is 1.16 bits per heavy atom. The molecule has 0 heterocycles. The van der Waals surface area contributed by atoms with Crippen LogP contribution in [0, 0.1) is 3.57 Å². The molecule has 0 saturated carbocycles. The minimum atomic E-state index is -0.467. The number of rotatable bonds is 3. The van der Waals surface area contributed by atoms with Gasteiger partial charge in [0.1, 0.15) is 0 Å². The van der Waals surface area contributed by atoms with Crippen LogP contribution in [0.2, 0.25) is 0 Å². The lowest BCUT2D eigenvalue weighted by Gasteiger charge is -2.15. The maximum Gasteiger partial charge on any atom is 0.202 e. The van der Waals surface area contributed by atoms with E-state index in [2.05, 4.69) is 0 Å². The predicted octanol–water partition coefficient (Wildman–Crippen LogP) is 3.19. The fourth-order valence-corrected chi connectivity index (χ4v) is 2.95. The molecule has 0 fully saturated rings. The molecule has 98 valence electrons. The minimum Gasteiger partial charge on any atom is -0.504 e. The second-order valence-electron chi connectivity index (χ2n) is 3.82. The van der Waals surface area contributed by atoms with Crippen molar-refractivity contribution in [2.24, 2.45) is 0 Å². The van der Waals surface area contributed by atoms with E-state index in [0.29, 0.717) is 15.4 Å². The number of phenols is 2. The van der Waals surface area contributed by atoms with E-state index >= 15 is 0 Å². The van der Waals surface area contributed by atoms with E-state index in [-0.39, 0.29) is 11.3 Å². The Morgan fingerprint density at radius 2 is 1.79 bits per heavy atom. The summed E-state index contributed by atoms with van der Waals surface area (Å²) in [5.74, 6) is -0.734. The van der Waals surface area contributed by atoms with Gasteiger partial charge in [-0.25, -0.2) is 0 Å². The molecule has 19 heavy (non-hydrogen) atoms. The molecule has 0 aromatic heterocycles. The van der Waals surface area contributed by atoms with E-state index in [0.717, 1.165) is 5.56 Å². The highest BCUT2D eigenvalue weighted by Crippen LogP contribution is 2.47. The molecule has 0 aliphatic carbocycles. The third-order valence-electron chi connectivity index (χ3n) is 2.77. The van der Waals surface area contributed by atoms with E-state index in [4.69, 9.17) is 4.74 Å². The SMILES string of the molecule is COc1c(O)c(O)c(C=O)c(-c2ccccc2)c1I. The second-order valence-corrected chi connectivity index (χ2v) is 4.90. The number of aromatic hydroxyl groups is 2. The number of halogens is 1. The third kappa shape index (κ3) is 2.25. The molecule has 5 heteroatoms. The van der Waals surface area contributed by atoms with Gasteiger partial charge in [-0.1, -0.05) is 30.3 Å². The Morgan fingerprint density at radius 3 is 2.32 bits per heavy atom. The quantitative estimate of drug-likeness (QED) is 0.495. The number of phenolic OH excluding ortho intramolecular Hbond substituents is 2. The van der Waals surface area contributed by atoms with Crippen LogP contribution in [-0.4, -0.2) is 23.6 Å². The number of hydrogen-bond donors (Lipinski definition) is 2. The summed E-state index contributed by atoms with van der Waals surface area (Å²) in [5.41, 5.74) is 1.36. The molecule has 0 atom stereocenters. The van der Waals surface area contributed by atoms with E-state index in [1.165, 1.54) is 7.11 Å². The molecule has 0 radical (unpaired) electrons. The van der Waals surface area contributed by atoms with E-state index in [1.54, 1.807) is 0 Å². The van der Waals surface area contributed by atoms with Gasteiger partial charge in [-0.3, -0.25) is 4.79 Å². The third-order valence-corrected chi connectivity index (χ3v) is 3.80. The van der Waals surface area contributed by atoms with Gasteiger partial charge in [-0.15, -0.1) is 0 Å². The van der Waals surface area contributed by atoms with Crippen LogP contribution in [-0.2, 0) is 0 Å². The Labute approximate surface area is 123 Å². The van der Waals surface area contributed by atoms with Crippen molar-refractivity contribution in [3.63, 3.8) is 0 Å². The molecule has 0 unspecified atom stereocenters. The van der Waals surface area contributed by atoms with E-state index in [1.807, 2.05) is 52.9 Å². The zero-order valence-electron chi connectivity index (χ0n) is 10.1. The first kappa shape index (κ1) is 13.7. The first-order chi connectivity index (χ1) is 9.11. The molecule has 0 saturated heterocycles. The zero-order valence-corrected chi connectivity index (χ0v) is 12.2. The van der Waals surface area contributed by atoms with Gasteiger partial charge < -0.3 is 14.9 Å². The molecule has 4 nitrogen and oxygen atoms in total. The molecule has 0 aliphatic rings. The fraction of sp³-hybridized carbons (Fsp3) is 0.0714. The van der Waals surface area contributed by atoms with Crippen molar-refractivity contribution in [2.75, 3.05) is 7.11 Å². The highest BCUT2D eigenvalue weighted by Gasteiger charge is 2.23. The highest BCUT2D eigenvalue weighted by atomic mass is 127. The van der Waals surface area contributed by atoms with Crippen molar-refractivity contribution in [3.05, 3.63) is 39.5 Å². The summed E-state index contributed by atoms with van der Waals surface area (Å²) in [5, 5.41) is 19.7. The molecule has 2 rings (SSSR count). The highest BCUT2D eigenvalue weighted by molar-refractivity contribution is 14.1. The van der Waals surface area contributed by atoms with Gasteiger partial charge >= 0.3 is 0 Å². The monoisotopic (exact) mass is 370 g/mol. The summed E-state index contributed by atoms with van der Waals surface area (Å²) in [7, 11) is 1.39. The average molecular weight is 370 g/mol. The number of carbonyl (C=O) groups is 1. The van der Waals surface area contributed by atoms with Gasteiger partial charge in [-0.05, 0) is 28.2 Å². The molecular formula is C14H11IO4. The standard InChI is InChI=1S/C14H11IO4/c1-19-14-11(15)10(8-5-3-2-4-6-8)9(7-16)12(17)13(14)18/h2-7,17-18H,1H3. The van der Waals surface area contributed by atoms with Crippen LogP contribution in [0.4, 0.5) is 0 Å². The molecule has 0 bridgehead atoms. The summed E-state index contributed by atoms with van der Waals surface area (Å²) in [6.07, 6.45) is 0.527. The fourth-order valence-electron chi connectivity index (χ4n) is 1.88. The van der Waals surface area contributed by atoms with Crippen LogP contribution in [0.5, 0.6) is 17.2 Å². The molecular weight excluding hydrogens is 359 g/mol. The number of ether oxygens (including phenoxy) is 1. The van der Waals surface area contributed by atoms with Crippen molar-refractivity contribution in [1.82, 2.24) is 0 Å². The normalized spacial score (nSPS) is 10.2. The first-order valence-electron chi connectivity index (χ1n) is 5.43. The smallest absolute Gasteiger partial charge is 0.202 e. The maximum atomic E-state index is 11.2. The predicted molar refractivity (Wildman–Crippen MR) is 79.9 cm³/mol. The topological polar surface area (TPSA) is 66.8 Å². The Hall–Kier alpha value is -1.76. The molecule has 0 spiro atoms. The summed E-state index contributed by atoms with van der Waals surface area (Å²) in [6, 6.07) is 9.15. The largest absolute Gasteiger partial charge is 0.504 e. The number of aldehydes is 1. The molecule has 0 amide bonds. The average Bonchev–Trinajstić information content (AvgIpc) is 2.44. The lowest BCUT2D eigenvalue weighted by Crippen LogP contribution is -1.97. The minimum absolute atomic E-state index is 0.0499. The van der Waals surface area contributed by atoms with Crippen LogP contribution >= 0.6 is 22.6 Å². The molecule has 2 aromatic rings. The van der Waals surface area contributed by atoms with Gasteiger partial charge in [0, 0.05) is 5.56 Å². The summed E-state index contributed by atoms with van der Waals surface area (Å²) >= 11 is 1.98. The van der Waals surface area contributed by atoms with Crippen LogP contribution in [0.3, 0.4) is 0 Å². The van der Waals surface area contributed by atoms with Crippen molar-refractivity contribution in [2.45, 2.75) is 0 Å². The maximum absolute atomic E-state index is 11.2. The van der Waals surface area contributed by atoms with Gasteiger partial charge in [0.2, 0.25) is 5.75 Å². The summed E-state index contributed by atoms with van der Waals surface area (Å²) in [4.78, 5) is 11.2. The van der Waals surface area contributed by atoms with Crippen molar-refractivity contribution >= 4 is 28.9 Å². The lowest BCUT2D eigenvalue weighted by atomic mass is 9.98. The Kier molecular flexibility index (Phi) is 3.94. The van der Waals surface area contributed by atoms with Crippen molar-refractivity contribution in [3.8, 4) is 28.4 Å². The van der Waals surface area contributed by atoms with Gasteiger partial charge in [-0.2, -0.15) is 0 Å². The molecule has 2 N–H and O–H groups in total.